The van der Waals surface area contributed by atoms with Crippen LogP contribution in [-0.2, 0) is 10.1 Å². The van der Waals surface area contributed by atoms with E-state index in [9.17, 15) is 13.0 Å². The molecule has 1 rings (SSSR count). The van der Waals surface area contributed by atoms with Gasteiger partial charge in [-0.3, -0.25) is 0 Å². The van der Waals surface area contributed by atoms with Gasteiger partial charge in [0, 0.05) is 0 Å². The van der Waals surface area contributed by atoms with Crippen molar-refractivity contribution >= 4 is 10.1 Å². The van der Waals surface area contributed by atoms with Crippen LogP contribution in [-0.4, -0.2) is 18.9 Å². The topological polar surface area (TPSA) is 66.4 Å². The first-order valence-electron chi connectivity index (χ1n) is 4.03. The molecule has 0 aliphatic heterocycles. The van der Waals surface area contributed by atoms with Crippen LogP contribution in [0.3, 0.4) is 0 Å². The first-order chi connectivity index (χ1) is 6.40. The average molecular weight is 238 g/mol. The summed E-state index contributed by atoms with van der Waals surface area (Å²) in [6.07, 6.45) is 0. The summed E-state index contributed by atoms with van der Waals surface area (Å²) in [6.45, 7) is 3.58. The van der Waals surface area contributed by atoms with Crippen molar-refractivity contribution in [2.75, 3.05) is 5.94 Å². The Morgan fingerprint density at radius 3 is 2.13 bits per heavy atom. The first kappa shape index (κ1) is 14.9. The Bertz CT molecular complexity index is 407. The summed E-state index contributed by atoms with van der Waals surface area (Å²) >= 11 is 0. The van der Waals surface area contributed by atoms with Gasteiger partial charge >= 0.3 is 29.6 Å². The summed E-state index contributed by atoms with van der Waals surface area (Å²) in [4.78, 5) is 0. The van der Waals surface area contributed by atoms with Crippen molar-refractivity contribution in [2.24, 2.45) is 0 Å². The molecule has 0 aromatic heterocycles. The maximum Gasteiger partial charge on any atom is 1.00 e. The van der Waals surface area contributed by atoms with Crippen LogP contribution in [0, 0.1) is 13.8 Å². The Hall–Kier alpha value is -0.0700. The van der Waals surface area contributed by atoms with E-state index < -0.39 is 16.1 Å². The molecule has 1 aromatic rings. The predicted octanol–water partition coefficient (Wildman–Crippen LogP) is -1.81. The van der Waals surface area contributed by atoms with Gasteiger partial charge in [0.2, 0.25) is 0 Å². The maximum absolute atomic E-state index is 10.3. The molecule has 0 heterocycles. The summed E-state index contributed by atoms with van der Waals surface area (Å²) in [7, 11) is -4.33. The zero-order chi connectivity index (χ0) is 10.8. The predicted molar refractivity (Wildman–Crippen MR) is 51.1 cm³/mol. The average Bonchev–Trinajstić information content (AvgIpc) is 2.01. The minimum atomic E-state index is -4.33. The molecule has 4 nitrogen and oxygen atoms in total. The third-order valence-corrected chi connectivity index (χ3v) is 2.16. The third kappa shape index (κ3) is 4.99. The molecule has 0 radical (unpaired) electrons. The van der Waals surface area contributed by atoms with Crippen LogP contribution in [0.5, 0.6) is 5.75 Å². The molecule has 0 spiro atoms. The molecule has 0 saturated carbocycles. The quantitative estimate of drug-likeness (QED) is 0.460. The molecule has 6 heteroatoms. The van der Waals surface area contributed by atoms with Crippen molar-refractivity contribution in [3.63, 3.8) is 0 Å². The minimum absolute atomic E-state index is 0. The van der Waals surface area contributed by atoms with E-state index in [1.807, 2.05) is 6.07 Å². The monoisotopic (exact) mass is 238 g/mol. The van der Waals surface area contributed by atoms with Crippen LogP contribution in [0.15, 0.2) is 18.2 Å². The standard InChI is InChI=1S/C9H12O4S.Na/c1-7-4-3-5-8(2)9(7)13-6-14(10,11)12;/h3-5H,6H2,1-2H3,(H,10,11,12);/q;+1/p-1. The summed E-state index contributed by atoms with van der Waals surface area (Å²) in [5, 5.41) is 0. The molecule has 15 heavy (non-hydrogen) atoms. The molecule has 0 atom stereocenters. The summed E-state index contributed by atoms with van der Waals surface area (Å²) in [5.74, 6) is -0.356. The summed E-state index contributed by atoms with van der Waals surface area (Å²) < 4.78 is 36.0. The normalized spacial score (nSPS) is 10.6. The van der Waals surface area contributed by atoms with E-state index in [0.717, 1.165) is 11.1 Å². The van der Waals surface area contributed by atoms with Gasteiger partial charge in [0.05, 0.1) is 0 Å². The molecule has 0 fully saturated rings. The Morgan fingerprint density at radius 1 is 1.27 bits per heavy atom. The minimum Gasteiger partial charge on any atom is -0.745 e. The van der Waals surface area contributed by atoms with E-state index in [1.54, 1.807) is 26.0 Å². The van der Waals surface area contributed by atoms with Crippen molar-refractivity contribution in [1.82, 2.24) is 0 Å². The van der Waals surface area contributed by atoms with Gasteiger partial charge in [-0.25, -0.2) is 8.42 Å². The van der Waals surface area contributed by atoms with Gasteiger partial charge in [0.1, 0.15) is 15.9 Å². The molecule has 0 saturated heterocycles. The number of ether oxygens (including phenoxy) is 1. The van der Waals surface area contributed by atoms with E-state index in [2.05, 4.69) is 0 Å². The second-order valence-corrected chi connectivity index (χ2v) is 4.39. The molecule has 0 unspecified atom stereocenters. The number of aryl methyl sites for hydroxylation is 2. The van der Waals surface area contributed by atoms with E-state index in [4.69, 9.17) is 4.74 Å². The van der Waals surface area contributed by atoms with Gasteiger partial charge in [-0.15, -0.1) is 0 Å². The van der Waals surface area contributed by atoms with E-state index in [-0.39, 0.29) is 29.6 Å². The third-order valence-electron chi connectivity index (χ3n) is 1.76. The Morgan fingerprint density at radius 2 is 1.73 bits per heavy atom. The summed E-state index contributed by atoms with van der Waals surface area (Å²) in [6, 6.07) is 5.42. The first-order valence-corrected chi connectivity index (χ1v) is 5.60. The van der Waals surface area contributed by atoms with Gasteiger partial charge < -0.3 is 9.29 Å². The fourth-order valence-corrected chi connectivity index (χ4v) is 1.42. The van der Waals surface area contributed by atoms with Crippen molar-refractivity contribution < 1.29 is 47.3 Å². The SMILES string of the molecule is Cc1cccc(C)c1OCS(=O)(=O)[O-].[Na+]. The van der Waals surface area contributed by atoms with Crippen LogP contribution in [0.1, 0.15) is 11.1 Å². The zero-order valence-corrected chi connectivity index (χ0v) is 11.8. The van der Waals surface area contributed by atoms with Crippen molar-refractivity contribution in [1.29, 1.82) is 0 Å². The van der Waals surface area contributed by atoms with Crippen LogP contribution >= 0.6 is 0 Å². The fraction of sp³-hybridized carbons (Fsp3) is 0.333. The number of benzene rings is 1. The second kappa shape index (κ2) is 5.86. The molecule has 0 aliphatic rings. The van der Waals surface area contributed by atoms with Crippen LogP contribution in [0.25, 0.3) is 0 Å². The van der Waals surface area contributed by atoms with Gasteiger partial charge in [0.25, 0.3) is 0 Å². The number of hydrogen-bond donors (Lipinski definition) is 0. The molecular formula is C9H11NaO4S. The van der Waals surface area contributed by atoms with Crippen molar-refractivity contribution in [2.45, 2.75) is 13.8 Å². The maximum atomic E-state index is 10.3. The molecule has 0 N–H and O–H groups in total. The van der Waals surface area contributed by atoms with E-state index >= 15 is 0 Å². The van der Waals surface area contributed by atoms with Gasteiger partial charge in [-0.2, -0.15) is 0 Å². The fourth-order valence-electron chi connectivity index (χ4n) is 1.16. The van der Waals surface area contributed by atoms with Gasteiger partial charge in [-0.05, 0) is 25.0 Å². The molecule has 78 valence electrons. The zero-order valence-electron chi connectivity index (χ0n) is 8.98. The van der Waals surface area contributed by atoms with Crippen LogP contribution in [0.4, 0.5) is 0 Å². The second-order valence-electron chi connectivity index (χ2n) is 3.04. The summed E-state index contributed by atoms with van der Waals surface area (Å²) in [5.41, 5.74) is 1.63. The number of para-hydroxylation sites is 1. The van der Waals surface area contributed by atoms with Crippen LogP contribution in [0.2, 0.25) is 0 Å². The van der Waals surface area contributed by atoms with E-state index in [1.165, 1.54) is 0 Å². The van der Waals surface area contributed by atoms with Gasteiger partial charge in [-0.1, -0.05) is 18.2 Å². The molecular weight excluding hydrogens is 227 g/mol. The number of hydrogen-bond acceptors (Lipinski definition) is 4. The van der Waals surface area contributed by atoms with Crippen molar-refractivity contribution in [3.05, 3.63) is 29.3 Å². The van der Waals surface area contributed by atoms with Crippen LogP contribution < -0.4 is 34.3 Å². The van der Waals surface area contributed by atoms with Crippen molar-refractivity contribution in [3.8, 4) is 5.75 Å². The number of rotatable bonds is 3. The smallest absolute Gasteiger partial charge is 0.745 e. The molecule has 0 bridgehead atoms. The molecule has 1 aromatic carbocycles. The molecule has 0 aliphatic carbocycles. The Balaban J connectivity index is 0.00000196. The van der Waals surface area contributed by atoms with E-state index in [0.29, 0.717) is 5.75 Å². The Labute approximate surface area is 112 Å². The van der Waals surface area contributed by atoms with Gasteiger partial charge in [0.15, 0.2) is 5.94 Å². The molecule has 0 amide bonds. The Kier molecular flexibility index (Phi) is 5.84. The largest absolute Gasteiger partial charge is 1.00 e.